The van der Waals surface area contributed by atoms with E-state index in [1.807, 2.05) is 30.5 Å². The van der Waals surface area contributed by atoms with Crippen LogP contribution in [0, 0.1) is 6.92 Å². The highest BCUT2D eigenvalue weighted by atomic mass is 32.2. The monoisotopic (exact) mass is 360 g/mol. The fourth-order valence-corrected chi connectivity index (χ4v) is 3.74. The van der Waals surface area contributed by atoms with Crippen LogP contribution in [0.25, 0.3) is 0 Å². The molecule has 0 spiro atoms. The van der Waals surface area contributed by atoms with Crippen molar-refractivity contribution < 1.29 is 9.32 Å². The zero-order valence-electron chi connectivity index (χ0n) is 14.7. The van der Waals surface area contributed by atoms with Gasteiger partial charge in [0.05, 0.1) is 12.1 Å². The van der Waals surface area contributed by atoms with Gasteiger partial charge < -0.3 is 9.84 Å². The van der Waals surface area contributed by atoms with Crippen LogP contribution in [0.15, 0.2) is 33.7 Å². The number of anilines is 1. The summed E-state index contributed by atoms with van der Waals surface area (Å²) in [6.07, 6.45) is 7.24. The second kappa shape index (κ2) is 8.01. The summed E-state index contributed by atoms with van der Waals surface area (Å²) < 4.78 is 5.17. The third-order valence-electron chi connectivity index (χ3n) is 4.60. The Balaban J connectivity index is 1.65. The minimum Gasteiger partial charge on any atom is -0.340 e. The van der Waals surface area contributed by atoms with Crippen LogP contribution in [0.3, 0.4) is 0 Å². The Hall–Kier alpha value is -1.86. The Morgan fingerprint density at radius 1 is 1.32 bits per heavy atom. The molecule has 1 aromatic carbocycles. The molecule has 2 N–H and O–H groups in total. The Morgan fingerprint density at radius 3 is 2.80 bits per heavy atom. The number of hydrogen-bond acceptors (Lipinski definition) is 6. The van der Waals surface area contributed by atoms with Gasteiger partial charge >= 0.3 is 0 Å². The molecule has 0 radical (unpaired) electrons. The van der Waals surface area contributed by atoms with Crippen molar-refractivity contribution in [3.05, 3.63) is 36.0 Å². The molecule has 1 saturated carbocycles. The van der Waals surface area contributed by atoms with E-state index in [1.165, 1.54) is 6.42 Å². The summed E-state index contributed by atoms with van der Waals surface area (Å²) in [5.41, 5.74) is 0.445. The highest BCUT2D eigenvalue weighted by molar-refractivity contribution is 7.98. The minimum absolute atomic E-state index is 0.0663. The van der Waals surface area contributed by atoms with Crippen molar-refractivity contribution in [3.63, 3.8) is 0 Å². The fourth-order valence-electron chi connectivity index (χ4n) is 3.28. The van der Waals surface area contributed by atoms with Crippen molar-refractivity contribution in [1.82, 2.24) is 15.5 Å². The zero-order valence-corrected chi connectivity index (χ0v) is 15.5. The van der Waals surface area contributed by atoms with Crippen LogP contribution in [0.1, 0.15) is 43.8 Å². The topological polar surface area (TPSA) is 80.0 Å². The maximum atomic E-state index is 12.4. The van der Waals surface area contributed by atoms with E-state index in [9.17, 15) is 4.79 Å². The van der Waals surface area contributed by atoms with Crippen LogP contribution in [-0.4, -0.2) is 28.8 Å². The van der Waals surface area contributed by atoms with Crippen LogP contribution in [0.4, 0.5) is 5.69 Å². The number of carbonyl (C=O) groups is 1. The Morgan fingerprint density at radius 2 is 2.12 bits per heavy atom. The van der Waals surface area contributed by atoms with Gasteiger partial charge in [0.15, 0.2) is 5.82 Å². The van der Waals surface area contributed by atoms with Crippen molar-refractivity contribution in [2.75, 3.05) is 18.1 Å². The van der Waals surface area contributed by atoms with E-state index in [1.54, 1.807) is 18.7 Å². The predicted molar refractivity (Wildman–Crippen MR) is 98.7 cm³/mol. The first-order valence-electron chi connectivity index (χ1n) is 8.61. The molecule has 134 valence electrons. The molecule has 1 aromatic heterocycles. The highest BCUT2D eigenvalue weighted by Gasteiger charge is 2.38. The molecule has 0 bridgehead atoms. The number of hydrogen-bond donors (Lipinski definition) is 2. The molecule has 25 heavy (non-hydrogen) atoms. The number of aromatic nitrogens is 2. The van der Waals surface area contributed by atoms with Crippen LogP contribution >= 0.6 is 11.8 Å². The van der Waals surface area contributed by atoms with Gasteiger partial charge in [-0.25, -0.2) is 0 Å². The van der Waals surface area contributed by atoms with Crippen LogP contribution in [0.2, 0.25) is 0 Å². The molecule has 1 aliphatic rings. The molecule has 7 heteroatoms. The Labute approximate surface area is 152 Å². The normalized spacial score (nSPS) is 16.6. The number of rotatable bonds is 6. The smallest absolute Gasteiger partial charge is 0.238 e. The number of nitrogens with one attached hydrogen (secondary N) is 2. The first kappa shape index (κ1) is 17.9. The van der Waals surface area contributed by atoms with Crippen molar-refractivity contribution in [3.8, 4) is 0 Å². The number of benzene rings is 1. The van der Waals surface area contributed by atoms with E-state index in [-0.39, 0.29) is 18.0 Å². The molecule has 0 saturated heterocycles. The van der Waals surface area contributed by atoms with Gasteiger partial charge in [0.25, 0.3) is 0 Å². The SMILES string of the molecule is CSc1cccc(NC(=O)CNC2(c3noc(C)n3)CCCCC2)c1. The number of aryl methyl sites for hydroxylation is 1. The van der Waals surface area contributed by atoms with E-state index in [0.717, 1.165) is 36.3 Å². The summed E-state index contributed by atoms with van der Waals surface area (Å²) in [5.74, 6) is 1.16. The van der Waals surface area contributed by atoms with E-state index in [2.05, 4.69) is 20.8 Å². The van der Waals surface area contributed by atoms with Crippen LogP contribution in [0.5, 0.6) is 0 Å². The maximum absolute atomic E-state index is 12.4. The first-order valence-corrected chi connectivity index (χ1v) is 9.83. The molecule has 1 fully saturated rings. The lowest BCUT2D eigenvalue weighted by molar-refractivity contribution is -0.115. The van der Waals surface area contributed by atoms with E-state index < -0.39 is 0 Å². The fraction of sp³-hybridized carbons (Fsp3) is 0.500. The van der Waals surface area contributed by atoms with Crippen LogP contribution in [-0.2, 0) is 10.3 Å². The first-order chi connectivity index (χ1) is 12.1. The molecule has 1 amide bonds. The Bertz CT molecular complexity index is 725. The molecule has 0 unspecified atom stereocenters. The highest BCUT2D eigenvalue weighted by Crippen LogP contribution is 2.35. The average molecular weight is 360 g/mol. The zero-order chi connectivity index (χ0) is 17.7. The quantitative estimate of drug-likeness (QED) is 0.768. The molecule has 0 aliphatic heterocycles. The molecule has 0 atom stereocenters. The lowest BCUT2D eigenvalue weighted by atomic mass is 9.81. The Kier molecular flexibility index (Phi) is 5.75. The molecule has 6 nitrogen and oxygen atoms in total. The van der Waals surface area contributed by atoms with Gasteiger partial charge in [0.2, 0.25) is 11.8 Å². The number of amides is 1. The van der Waals surface area contributed by atoms with E-state index >= 15 is 0 Å². The number of thioether (sulfide) groups is 1. The lowest BCUT2D eigenvalue weighted by Crippen LogP contribution is -2.48. The summed E-state index contributed by atoms with van der Waals surface area (Å²) >= 11 is 1.65. The minimum atomic E-state index is -0.367. The summed E-state index contributed by atoms with van der Waals surface area (Å²) in [4.78, 5) is 17.9. The molecule has 3 rings (SSSR count). The largest absolute Gasteiger partial charge is 0.340 e. The molecule has 2 aromatic rings. The van der Waals surface area contributed by atoms with Gasteiger partial charge in [0, 0.05) is 17.5 Å². The van der Waals surface area contributed by atoms with Crippen molar-refractivity contribution >= 4 is 23.4 Å². The number of nitrogens with zero attached hydrogens (tertiary/aromatic N) is 2. The summed E-state index contributed by atoms with van der Waals surface area (Å²) in [6, 6.07) is 7.84. The maximum Gasteiger partial charge on any atom is 0.238 e. The van der Waals surface area contributed by atoms with Crippen LogP contribution < -0.4 is 10.6 Å². The second-order valence-corrected chi connectivity index (χ2v) is 7.29. The summed E-state index contributed by atoms with van der Waals surface area (Å²) in [6.45, 7) is 2.01. The lowest BCUT2D eigenvalue weighted by Gasteiger charge is -2.35. The predicted octanol–water partition coefficient (Wildman–Crippen LogP) is 3.49. The van der Waals surface area contributed by atoms with Gasteiger partial charge in [-0.3, -0.25) is 10.1 Å². The van der Waals surface area contributed by atoms with Gasteiger partial charge in [-0.15, -0.1) is 11.8 Å². The number of carbonyl (C=O) groups excluding carboxylic acids is 1. The molecular formula is C18H24N4O2S. The van der Waals surface area contributed by atoms with E-state index in [0.29, 0.717) is 11.7 Å². The second-order valence-electron chi connectivity index (χ2n) is 6.41. The van der Waals surface area contributed by atoms with E-state index in [4.69, 9.17) is 4.52 Å². The van der Waals surface area contributed by atoms with Gasteiger partial charge in [-0.05, 0) is 37.3 Å². The van der Waals surface area contributed by atoms with Gasteiger partial charge in [0.1, 0.15) is 0 Å². The molecular weight excluding hydrogens is 336 g/mol. The third-order valence-corrected chi connectivity index (χ3v) is 5.33. The van der Waals surface area contributed by atoms with Gasteiger partial charge in [-0.1, -0.05) is 30.5 Å². The third kappa shape index (κ3) is 4.41. The molecule has 1 heterocycles. The van der Waals surface area contributed by atoms with Crippen molar-refractivity contribution in [1.29, 1.82) is 0 Å². The molecule has 1 aliphatic carbocycles. The summed E-state index contributed by atoms with van der Waals surface area (Å²) in [7, 11) is 0. The summed E-state index contributed by atoms with van der Waals surface area (Å²) in [5, 5.41) is 10.5. The van der Waals surface area contributed by atoms with Crippen molar-refractivity contribution in [2.45, 2.75) is 49.5 Å². The van der Waals surface area contributed by atoms with Gasteiger partial charge in [-0.2, -0.15) is 4.98 Å². The standard InChI is InChI=1S/C18H24N4O2S/c1-13-20-17(22-24-13)18(9-4-3-5-10-18)19-12-16(23)21-14-7-6-8-15(11-14)25-2/h6-8,11,19H,3-5,9-10,12H2,1-2H3,(H,21,23). The average Bonchev–Trinajstić information content (AvgIpc) is 3.08. The van der Waals surface area contributed by atoms with Crippen molar-refractivity contribution in [2.24, 2.45) is 0 Å².